The lowest BCUT2D eigenvalue weighted by atomic mass is 9.85. The van der Waals surface area contributed by atoms with Crippen molar-refractivity contribution in [2.24, 2.45) is 0 Å². The van der Waals surface area contributed by atoms with Crippen molar-refractivity contribution in [3.8, 4) is 5.75 Å². The molecule has 0 aliphatic heterocycles. The number of hydrogen-bond acceptors (Lipinski definition) is 5. The van der Waals surface area contributed by atoms with E-state index in [0.29, 0.717) is 19.3 Å². The van der Waals surface area contributed by atoms with Gasteiger partial charge in [0.05, 0.1) is 7.11 Å². The van der Waals surface area contributed by atoms with Crippen molar-refractivity contribution < 1.29 is 23.8 Å². The van der Waals surface area contributed by atoms with Gasteiger partial charge in [0.25, 0.3) is 0 Å². The summed E-state index contributed by atoms with van der Waals surface area (Å²) >= 11 is 0. The van der Waals surface area contributed by atoms with Crippen molar-refractivity contribution in [2.75, 3.05) is 7.11 Å². The summed E-state index contributed by atoms with van der Waals surface area (Å²) in [4.78, 5) is 25.0. The molecule has 0 amide bonds. The number of esters is 1. The number of Topliss-reactive ketones (excluding diaryl/α,β-unsaturated/α-hetero) is 1. The number of methoxy groups -OCH3 is 1. The lowest BCUT2D eigenvalue weighted by molar-refractivity contribution is -0.173. The van der Waals surface area contributed by atoms with Crippen LogP contribution in [-0.2, 0) is 33.5 Å². The van der Waals surface area contributed by atoms with Crippen molar-refractivity contribution in [1.82, 2.24) is 0 Å². The van der Waals surface area contributed by atoms with Crippen LogP contribution in [0.25, 0.3) is 0 Å². The summed E-state index contributed by atoms with van der Waals surface area (Å²) in [6.45, 7) is 4.25. The highest BCUT2D eigenvalue weighted by atomic mass is 16.7. The zero-order valence-electron chi connectivity index (χ0n) is 20.1. The molecule has 0 radical (unpaired) electrons. The first-order chi connectivity index (χ1) is 16.1. The second-order valence-corrected chi connectivity index (χ2v) is 8.62. The second kappa shape index (κ2) is 12.5. The average molecular weight is 453 g/mol. The van der Waals surface area contributed by atoms with E-state index in [4.69, 9.17) is 14.2 Å². The van der Waals surface area contributed by atoms with E-state index in [1.807, 2.05) is 42.5 Å². The van der Waals surface area contributed by atoms with Crippen molar-refractivity contribution >= 4 is 11.8 Å². The molecule has 0 aromatic heterocycles. The standard InChI is InChI=1S/C28H36O5/c1-4-6-16-27(33-26(28(30)31-3)19-20-12-8-7-9-13-20)32-25-18-17-22-21(23(25)11-5-2)14-10-15-24(22)29/h7-9,12-13,17-18,26-27H,4-6,10-11,14-16,19H2,1-3H3. The highest BCUT2D eigenvalue weighted by molar-refractivity contribution is 5.99. The molecule has 1 aliphatic rings. The molecule has 178 valence electrons. The largest absolute Gasteiger partial charge is 0.467 e. The molecule has 2 aromatic rings. The molecule has 3 rings (SSSR count). The molecule has 1 aliphatic carbocycles. The van der Waals surface area contributed by atoms with Crippen LogP contribution in [0.4, 0.5) is 0 Å². The summed E-state index contributed by atoms with van der Waals surface area (Å²) in [7, 11) is 1.38. The normalized spacial score (nSPS) is 14.9. The van der Waals surface area contributed by atoms with Crippen LogP contribution in [0.3, 0.4) is 0 Å². The molecular formula is C28H36O5. The molecule has 5 nitrogen and oxygen atoms in total. The summed E-state index contributed by atoms with van der Waals surface area (Å²) < 4.78 is 17.7. The smallest absolute Gasteiger partial charge is 0.335 e. The fourth-order valence-corrected chi connectivity index (χ4v) is 4.41. The molecular weight excluding hydrogens is 416 g/mol. The predicted octanol–water partition coefficient (Wildman–Crippen LogP) is 5.85. The predicted molar refractivity (Wildman–Crippen MR) is 129 cm³/mol. The molecule has 0 fully saturated rings. The number of hydrogen-bond donors (Lipinski definition) is 0. The summed E-state index contributed by atoms with van der Waals surface area (Å²) in [6.07, 6.45) is 5.84. The monoisotopic (exact) mass is 452 g/mol. The molecule has 0 saturated carbocycles. The number of ketones is 1. The summed E-state index contributed by atoms with van der Waals surface area (Å²) in [6, 6.07) is 13.6. The van der Waals surface area contributed by atoms with Crippen LogP contribution in [0.5, 0.6) is 5.75 Å². The SMILES string of the molecule is CCCCC(Oc1ccc2c(c1CCC)CCCC2=O)OC(Cc1ccccc1)C(=O)OC. The zero-order chi connectivity index (χ0) is 23.6. The Bertz CT molecular complexity index is 921. The number of carbonyl (C=O) groups is 2. The van der Waals surface area contributed by atoms with Crippen molar-refractivity contribution in [2.45, 2.75) is 84.0 Å². The number of ether oxygens (including phenoxy) is 3. The number of benzene rings is 2. The van der Waals surface area contributed by atoms with Crippen LogP contribution in [0.15, 0.2) is 42.5 Å². The molecule has 2 unspecified atom stereocenters. The zero-order valence-corrected chi connectivity index (χ0v) is 20.1. The van der Waals surface area contributed by atoms with Crippen LogP contribution in [-0.4, -0.2) is 31.3 Å². The summed E-state index contributed by atoms with van der Waals surface area (Å²) in [5.41, 5.74) is 4.06. The molecule has 0 saturated heterocycles. The van der Waals surface area contributed by atoms with Crippen LogP contribution in [0.2, 0.25) is 0 Å². The molecule has 5 heteroatoms. The summed E-state index contributed by atoms with van der Waals surface area (Å²) in [5.74, 6) is 0.566. The van der Waals surface area contributed by atoms with Gasteiger partial charge in [0.1, 0.15) is 5.75 Å². The van der Waals surface area contributed by atoms with Gasteiger partial charge in [0.2, 0.25) is 6.29 Å². The van der Waals surface area contributed by atoms with Gasteiger partial charge in [0.15, 0.2) is 11.9 Å². The Balaban J connectivity index is 1.86. The number of rotatable bonds is 12. The molecule has 0 spiro atoms. The maximum absolute atomic E-state index is 12.5. The van der Waals surface area contributed by atoms with Crippen LogP contribution < -0.4 is 4.74 Å². The van der Waals surface area contributed by atoms with Crippen LogP contribution in [0.1, 0.15) is 79.4 Å². The van der Waals surface area contributed by atoms with E-state index >= 15 is 0 Å². The lowest BCUT2D eigenvalue weighted by Gasteiger charge is -2.27. The van der Waals surface area contributed by atoms with Gasteiger partial charge in [0, 0.05) is 24.8 Å². The fourth-order valence-electron chi connectivity index (χ4n) is 4.41. The Kier molecular flexibility index (Phi) is 9.49. The van der Waals surface area contributed by atoms with E-state index in [-0.39, 0.29) is 5.78 Å². The lowest BCUT2D eigenvalue weighted by Crippen LogP contribution is -2.35. The average Bonchev–Trinajstić information content (AvgIpc) is 2.83. The van der Waals surface area contributed by atoms with Gasteiger partial charge in [-0.15, -0.1) is 0 Å². The first kappa shape index (κ1) is 25.0. The Morgan fingerprint density at radius 1 is 1.03 bits per heavy atom. The topological polar surface area (TPSA) is 61.8 Å². The van der Waals surface area contributed by atoms with E-state index in [9.17, 15) is 9.59 Å². The van der Waals surface area contributed by atoms with Gasteiger partial charge < -0.3 is 14.2 Å². The van der Waals surface area contributed by atoms with E-state index < -0.39 is 18.4 Å². The molecule has 0 bridgehead atoms. The van der Waals surface area contributed by atoms with E-state index in [1.165, 1.54) is 7.11 Å². The Morgan fingerprint density at radius 3 is 2.52 bits per heavy atom. The van der Waals surface area contributed by atoms with Gasteiger partial charge in [-0.3, -0.25) is 4.79 Å². The third kappa shape index (κ3) is 6.67. The van der Waals surface area contributed by atoms with Gasteiger partial charge in [-0.1, -0.05) is 57.0 Å². The van der Waals surface area contributed by atoms with E-state index in [2.05, 4.69) is 13.8 Å². The van der Waals surface area contributed by atoms with Crippen LogP contribution in [0, 0.1) is 0 Å². The highest BCUT2D eigenvalue weighted by Crippen LogP contribution is 2.33. The fraction of sp³-hybridized carbons (Fsp3) is 0.500. The van der Waals surface area contributed by atoms with Gasteiger partial charge in [-0.2, -0.15) is 0 Å². The van der Waals surface area contributed by atoms with Gasteiger partial charge >= 0.3 is 5.97 Å². The molecule has 0 N–H and O–H groups in total. The third-order valence-corrected chi connectivity index (χ3v) is 6.12. The minimum absolute atomic E-state index is 0.215. The minimum Gasteiger partial charge on any atom is -0.467 e. The van der Waals surface area contributed by atoms with Crippen LogP contribution >= 0.6 is 0 Å². The maximum atomic E-state index is 12.5. The Hall–Kier alpha value is -2.66. The number of unbranched alkanes of at least 4 members (excludes halogenated alkanes) is 1. The van der Waals surface area contributed by atoms with E-state index in [0.717, 1.165) is 66.5 Å². The molecule has 2 aromatic carbocycles. The minimum atomic E-state index is -0.756. The Morgan fingerprint density at radius 2 is 1.82 bits per heavy atom. The van der Waals surface area contributed by atoms with Crippen molar-refractivity contribution in [1.29, 1.82) is 0 Å². The maximum Gasteiger partial charge on any atom is 0.335 e. The molecule has 2 atom stereocenters. The van der Waals surface area contributed by atoms with E-state index in [1.54, 1.807) is 0 Å². The van der Waals surface area contributed by atoms with Gasteiger partial charge in [-0.25, -0.2) is 4.79 Å². The third-order valence-electron chi connectivity index (χ3n) is 6.12. The quantitative estimate of drug-likeness (QED) is 0.298. The Labute approximate surface area is 197 Å². The molecule has 0 heterocycles. The highest BCUT2D eigenvalue weighted by Gasteiger charge is 2.28. The number of carbonyl (C=O) groups excluding carboxylic acids is 2. The number of fused-ring (bicyclic) bond motifs is 1. The first-order valence-electron chi connectivity index (χ1n) is 12.2. The van der Waals surface area contributed by atoms with Crippen molar-refractivity contribution in [3.05, 3.63) is 64.7 Å². The molecule has 33 heavy (non-hydrogen) atoms. The first-order valence-corrected chi connectivity index (χ1v) is 12.2. The van der Waals surface area contributed by atoms with Crippen molar-refractivity contribution in [3.63, 3.8) is 0 Å². The van der Waals surface area contributed by atoms with Gasteiger partial charge in [-0.05, 0) is 54.5 Å². The summed E-state index contributed by atoms with van der Waals surface area (Å²) in [5, 5.41) is 0. The second-order valence-electron chi connectivity index (χ2n) is 8.62.